The van der Waals surface area contributed by atoms with Gasteiger partial charge in [-0.25, -0.2) is 4.98 Å². The lowest BCUT2D eigenvalue weighted by Gasteiger charge is -2.05. The van der Waals surface area contributed by atoms with Crippen molar-refractivity contribution in [3.05, 3.63) is 29.9 Å². The van der Waals surface area contributed by atoms with E-state index < -0.39 is 0 Å². The maximum Gasteiger partial charge on any atom is 0.109 e. The number of nitrogens with one attached hydrogen (secondary N) is 1. The van der Waals surface area contributed by atoms with E-state index in [1.54, 1.807) is 5.57 Å². The van der Waals surface area contributed by atoms with Crippen molar-refractivity contribution in [1.29, 1.82) is 0 Å². The second-order valence-electron chi connectivity index (χ2n) is 4.46. The Bertz CT molecular complexity index is 352. The van der Waals surface area contributed by atoms with E-state index in [0.717, 1.165) is 25.3 Å². The first kappa shape index (κ1) is 11.4. The molecule has 1 aromatic rings. The molecule has 1 aromatic heterocycles. The predicted octanol–water partition coefficient (Wildman–Crippen LogP) is 2.05. The van der Waals surface area contributed by atoms with Crippen LogP contribution < -0.4 is 5.32 Å². The summed E-state index contributed by atoms with van der Waals surface area (Å²) in [7, 11) is 2.05. The van der Waals surface area contributed by atoms with Gasteiger partial charge in [-0.15, -0.1) is 0 Å². The standard InChI is InChI=1S/C13H21N3/c1-16-11-10-15-13(16)7-9-14-8-6-12-4-2-3-5-12/h4,10-11,14H,2-3,5-9H2,1H3. The highest BCUT2D eigenvalue weighted by Gasteiger charge is 2.03. The molecule has 2 rings (SSSR count). The quantitative estimate of drug-likeness (QED) is 0.586. The first-order chi connectivity index (χ1) is 7.86. The number of nitrogens with zero attached hydrogens (tertiary/aromatic N) is 2. The van der Waals surface area contributed by atoms with Gasteiger partial charge in [-0.1, -0.05) is 11.6 Å². The molecule has 1 aliphatic carbocycles. The zero-order chi connectivity index (χ0) is 11.2. The van der Waals surface area contributed by atoms with E-state index in [0.29, 0.717) is 0 Å². The lowest BCUT2D eigenvalue weighted by molar-refractivity contribution is 0.646. The Labute approximate surface area is 97.6 Å². The van der Waals surface area contributed by atoms with Gasteiger partial charge >= 0.3 is 0 Å². The maximum absolute atomic E-state index is 4.30. The van der Waals surface area contributed by atoms with Gasteiger partial charge < -0.3 is 9.88 Å². The number of imidazole rings is 1. The molecule has 0 aromatic carbocycles. The fraction of sp³-hybridized carbons (Fsp3) is 0.615. The molecule has 0 radical (unpaired) electrons. The number of rotatable bonds is 6. The van der Waals surface area contributed by atoms with E-state index in [-0.39, 0.29) is 0 Å². The molecule has 0 spiro atoms. The van der Waals surface area contributed by atoms with Crippen LogP contribution in [0.1, 0.15) is 31.5 Å². The van der Waals surface area contributed by atoms with Crippen LogP contribution in [0.3, 0.4) is 0 Å². The zero-order valence-electron chi connectivity index (χ0n) is 10.1. The normalized spacial score (nSPS) is 15.4. The summed E-state index contributed by atoms with van der Waals surface area (Å²) < 4.78 is 2.08. The Balaban J connectivity index is 1.57. The van der Waals surface area contributed by atoms with Crippen molar-refractivity contribution in [2.24, 2.45) is 7.05 Å². The maximum atomic E-state index is 4.30. The Morgan fingerprint density at radius 1 is 1.38 bits per heavy atom. The van der Waals surface area contributed by atoms with Gasteiger partial charge in [0.2, 0.25) is 0 Å². The highest BCUT2D eigenvalue weighted by atomic mass is 15.0. The Hall–Kier alpha value is -1.09. The van der Waals surface area contributed by atoms with E-state index >= 15 is 0 Å². The fourth-order valence-electron chi connectivity index (χ4n) is 2.18. The molecule has 0 amide bonds. The first-order valence-electron chi connectivity index (χ1n) is 6.21. The first-order valence-corrected chi connectivity index (χ1v) is 6.21. The van der Waals surface area contributed by atoms with Crippen molar-refractivity contribution in [1.82, 2.24) is 14.9 Å². The van der Waals surface area contributed by atoms with Crippen LogP contribution >= 0.6 is 0 Å². The second-order valence-corrected chi connectivity index (χ2v) is 4.46. The Kier molecular flexibility index (Phi) is 4.17. The van der Waals surface area contributed by atoms with Gasteiger partial charge in [0.25, 0.3) is 0 Å². The van der Waals surface area contributed by atoms with Gasteiger partial charge in [-0.3, -0.25) is 0 Å². The number of hydrogen-bond donors (Lipinski definition) is 1. The molecule has 0 saturated heterocycles. The van der Waals surface area contributed by atoms with Crippen LogP contribution in [-0.2, 0) is 13.5 Å². The smallest absolute Gasteiger partial charge is 0.109 e. The highest BCUT2D eigenvalue weighted by molar-refractivity contribution is 5.07. The summed E-state index contributed by atoms with van der Waals surface area (Å²) in [4.78, 5) is 4.30. The van der Waals surface area contributed by atoms with E-state index in [9.17, 15) is 0 Å². The molecular formula is C13H21N3. The third-order valence-corrected chi connectivity index (χ3v) is 3.20. The van der Waals surface area contributed by atoms with E-state index in [1.165, 1.54) is 25.7 Å². The van der Waals surface area contributed by atoms with E-state index in [1.807, 2.05) is 19.4 Å². The number of allylic oxidation sites excluding steroid dienone is 1. The van der Waals surface area contributed by atoms with Gasteiger partial charge in [0.15, 0.2) is 0 Å². The number of aryl methyl sites for hydroxylation is 1. The summed E-state index contributed by atoms with van der Waals surface area (Å²) >= 11 is 0. The van der Waals surface area contributed by atoms with Crippen LogP contribution in [0.25, 0.3) is 0 Å². The monoisotopic (exact) mass is 219 g/mol. The molecule has 3 nitrogen and oxygen atoms in total. The Morgan fingerprint density at radius 3 is 2.94 bits per heavy atom. The van der Waals surface area contributed by atoms with Gasteiger partial charge in [0.1, 0.15) is 5.82 Å². The van der Waals surface area contributed by atoms with Crippen LogP contribution in [0.15, 0.2) is 24.0 Å². The lowest BCUT2D eigenvalue weighted by atomic mass is 10.2. The van der Waals surface area contributed by atoms with Crippen molar-refractivity contribution in [2.45, 2.75) is 32.1 Å². The second kappa shape index (κ2) is 5.85. The van der Waals surface area contributed by atoms with Crippen molar-refractivity contribution in [2.75, 3.05) is 13.1 Å². The molecule has 0 atom stereocenters. The molecular weight excluding hydrogens is 198 g/mol. The summed E-state index contributed by atoms with van der Waals surface area (Å²) in [6, 6.07) is 0. The minimum atomic E-state index is 1.02. The van der Waals surface area contributed by atoms with Gasteiger partial charge in [0.05, 0.1) is 0 Å². The SMILES string of the molecule is Cn1ccnc1CCNCCC1=CCCC1. The van der Waals surface area contributed by atoms with Gasteiger partial charge in [-0.05, 0) is 32.2 Å². The average molecular weight is 219 g/mol. The average Bonchev–Trinajstić information content (AvgIpc) is 2.90. The lowest BCUT2D eigenvalue weighted by Crippen LogP contribution is -2.20. The minimum absolute atomic E-state index is 1.02. The molecule has 0 bridgehead atoms. The summed E-state index contributed by atoms with van der Waals surface area (Å²) in [5.74, 6) is 1.16. The third-order valence-electron chi connectivity index (χ3n) is 3.20. The molecule has 0 unspecified atom stereocenters. The van der Waals surface area contributed by atoms with Gasteiger partial charge in [0, 0.05) is 32.4 Å². The van der Waals surface area contributed by atoms with Crippen LogP contribution in [0.4, 0.5) is 0 Å². The van der Waals surface area contributed by atoms with E-state index in [4.69, 9.17) is 0 Å². The van der Waals surface area contributed by atoms with E-state index in [2.05, 4.69) is 20.9 Å². The van der Waals surface area contributed by atoms with Crippen LogP contribution in [0.2, 0.25) is 0 Å². The molecule has 88 valence electrons. The number of hydrogen-bond acceptors (Lipinski definition) is 2. The summed E-state index contributed by atoms with van der Waals surface area (Å²) in [5.41, 5.74) is 1.64. The predicted molar refractivity (Wildman–Crippen MR) is 66.3 cm³/mol. The van der Waals surface area contributed by atoms with Crippen molar-refractivity contribution in [3.8, 4) is 0 Å². The Morgan fingerprint density at radius 2 is 2.25 bits per heavy atom. The van der Waals surface area contributed by atoms with Crippen molar-refractivity contribution in [3.63, 3.8) is 0 Å². The molecule has 1 N–H and O–H groups in total. The van der Waals surface area contributed by atoms with Crippen LogP contribution in [0.5, 0.6) is 0 Å². The molecule has 0 fully saturated rings. The summed E-state index contributed by atoms with van der Waals surface area (Å²) in [6.07, 6.45) is 12.5. The molecule has 0 aliphatic heterocycles. The fourth-order valence-corrected chi connectivity index (χ4v) is 2.18. The largest absolute Gasteiger partial charge is 0.338 e. The van der Waals surface area contributed by atoms with Gasteiger partial charge in [-0.2, -0.15) is 0 Å². The topological polar surface area (TPSA) is 29.9 Å². The minimum Gasteiger partial charge on any atom is -0.338 e. The molecule has 1 aliphatic rings. The summed E-state index contributed by atoms with van der Waals surface area (Å²) in [5, 5.41) is 3.48. The van der Waals surface area contributed by atoms with Crippen molar-refractivity contribution >= 4 is 0 Å². The van der Waals surface area contributed by atoms with Crippen LogP contribution in [-0.4, -0.2) is 22.6 Å². The zero-order valence-corrected chi connectivity index (χ0v) is 10.1. The molecule has 0 saturated carbocycles. The third kappa shape index (κ3) is 3.20. The van der Waals surface area contributed by atoms with Crippen LogP contribution in [0, 0.1) is 0 Å². The van der Waals surface area contributed by atoms with Crippen molar-refractivity contribution < 1.29 is 0 Å². The molecule has 16 heavy (non-hydrogen) atoms. The number of aromatic nitrogens is 2. The summed E-state index contributed by atoms with van der Waals surface area (Å²) in [6.45, 7) is 2.13. The molecule has 3 heteroatoms. The highest BCUT2D eigenvalue weighted by Crippen LogP contribution is 2.19. The molecule has 1 heterocycles.